The molecule has 0 amide bonds. The molecule has 0 radical (unpaired) electrons. The van der Waals surface area contributed by atoms with Gasteiger partial charge >= 0.3 is 0 Å². The molecule has 0 saturated carbocycles. The van der Waals surface area contributed by atoms with Crippen LogP contribution in [0.4, 0.5) is 0 Å². The lowest BCUT2D eigenvalue weighted by Crippen LogP contribution is -1.98. The molecule has 0 atom stereocenters. The summed E-state index contributed by atoms with van der Waals surface area (Å²) in [5.41, 5.74) is 1.73. The number of pyridine rings is 1. The standard InChI is InChI=1S/C10H10N2O/c1-2-12-9(7-13)5-8-3-4-11-6-10(8)12/h3-7H,2H2,1H3. The van der Waals surface area contributed by atoms with Crippen molar-refractivity contribution in [1.82, 2.24) is 9.55 Å². The number of rotatable bonds is 2. The Balaban J connectivity index is 2.81. The second-order valence-corrected chi connectivity index (χ2v) is 2.87. The summed E-state index contributed by atoms with van der Waals surface area (Å²) in [5.74, 6) is 0. The van der Waals surface area contributed by atoms with Crippen LogP contribution in [0.2, 0.25) is 0 Å². The van der Waals surface area contributed by atoms with Crippen molar-refractivity contribution in [2.75, 3.05) is 0 Å². The van der Waals surface area contributed by atoms with Crippen molar-refractivity contribution in [3.63, 3.8) is 0 Å². The van der Waals surface area contributed by atoms with E-state index >= 15 is 0 Å². The molecule has 2 heterocycles. The Bertz CT molecular complexity index is 445. The third-order valence-corrected chi connectivity index (χ3v) is 2.18. The van der Waals surface area contributed by atoms with Gasteiger partial charge in [-0.2, -0.15) is 0 Å². The average Bonchev–Trinajstić information content (AvgIpc) is 2.55. The van der Waals surface area contributed by atoms with Crippen molar-refractivity contribution in [2.45, 2.75) is 13.5 Å². The maximum atomic E-state index is 10.7. The largest absolute Gasteiger partial charge is 0.337 e. The molecular formula is C10H10N2O. The fraction of sp³-hybridized carbons (Fsp3) is 0.200. The van der Waals surface area contributed by atoms with Crippen LogP contribution in [-0.2, 0) is 6.54 Å². The Kier molecular flexibility index (Phi) is 1.85. The lowest BCUT2D eigenvalue weighted by atomic mass is 10.3. The van der Waals surface area contributed by atoms with E-state index in [0.29, 0.717) is 5.69 Å². The van der Waals surface area contributed by atoms with Gasteiger partial charge in [0.05, 0.1) is 17.4 Å². The number of nitrogens with zero attached hydrogens (tertiary/aromatic N) is 2. The summed E-state index contributed by atoms with van der Waals surface area (Å²) in [6.45, 7) is 2.81. The maximum Gasteiger partial charge on any atom is 0.166 e. The third-order valence-electron chi connectivity index (χ3n) is 2.18. The van der Waals surface area contributed by atoms with Gasteiger partial charge in [-0.25, -0.2) is 0 Å². The van der Waals surface area contributed by atoms with Crippen LogP contribution in [0.25, 0.3) is 10.9 Å². The third kappa shape index (κ3) is 1.13. The van der Waals surface area contributed by atoms with Crippen molar-refractivity contribution in [3.8, 4) is 0 Å². The first kappa shape index (κ1) is 7.98. The molecule has 0 fully saturated rings. The predicted molar refractivity (Wildman–Crippen MR) is 50.8 cm³/mol. The van der Waals surface area contributed by atoms with Crippen molar-refractivity contribution in [2.24, 2.45) is 0 Å². The first-order valence-electron chi connectivity index (χ1n) is 4.25. The molecule has 0 aromatic carbocycles. The molecule has 0 spiro atoms. The zero-order valence-electron chi connectivity index (χ0n) is 7.40. The Labute approximate surface area is 76.0 Å². The number of carbonyl (C=O) groups is 1. The average molecular weight is 174 g/mol. The zero-order valence-corrected chi connectivity index (χ0v) is 7.40. The van der Waals surface area contributed by atoms with Gasteiger partial charge in [0.15, 0.2) is 6.29 Å². The van der Waals surface area contributed by atoms with Gasteiger partial charge in [0.1, 0.15) is 0 Å². The lowest BCUT2D eigenvalue weighted by Gasteiger charge is -2.01. The van der Waals surface area contributed by atoms with Gasteiger partial charge in [-0.3, -0.25) is 9.78 Å². The van der Waals surface area contributed by atoms with Gasteiger partial charge in [-0.05, 0) is 19.1 Å². The number of fused-ring (bicyclic) bond motifs is 1. The molecule has 3 heteroatoms. The van der Waals surface area contributed by atoms with Gasteiger partial charge < -0.3 is 4.57 Å². The molecule has 0 bridgehead atoms. The Morgan fingerprint density at radius 2 is 2.46 bits per heavy atom. The van der Waals surface area contributed by atoms with Crippen LogP contribution in [0.3, 0.4) is 0 Å². The summed E-state index contributed by atoms with van der Waals surface area (Å²) in [5, 5.41) is 1.07. The van der Waals surface area contributed by atoms with Gasteiger partial charge in [0.25, 0.3) is 0 Å². The van der Waals surface area contributed by atoms with Crippen LogP contribution >= 0.6 is 0 Å². The Morgan fingerprint density at radius 3 is 3.15 bits per heavy atom. The predicted octanol–water partition coefficient (Wildman–Crippen LogP) is 1.87. The zero-order chi connectivity index (χ0) is 9.26. The van der Waals surface area contributed by atoms with Crippen molar-refractivity contribution < 1.29 is 4.79 Å². The highest BCUT2D eigenvalue weighted by molar-refractivity contribution is 5.88. The van der Waals surface area contributed by atoms with Crippen molar-refractivity contribution in [3.05, 3.63) is 30.2 Å². The quantitative estimate of drug-likeness (QED) is 0.651. The maximum absolute atomic E-state index is 10.7. The summed E-state index contributed by atoms with van der Waals surface area (Å²) in [6.07, 6.45) is 4.40. The van der Waals surface area contributed by atoms with Crippen molar-refractivity contribution in [1.29, 1.82) is 0 Å². The smallest absolute Gasteiger partial charge is 0.166 e. The minimum absolute atomic E-state index is 0.713. The van der Waals surface area contributed by atoms with E-state index in [1.807, 2.05) is 23.6 Å². The minimum atomic E-state index is 0.713. The van der Waals surface area contributed by atoms with E-state index in [2.05, 4.69) is 4.98 Å². The first-order chi connectivity index (χ1) is 6.36. The Morgan fingerprint density at radius 1 is 1.62 bits per heavy atom. The van der Waals surface area contributed by atoms with Crippen molar-refractivity contribution >= 4 is 17.2 Å². The highest BCUT2D eigenvalue weighted by Crippen LogP contribution is 2.16. The number of carbonyl (C=O) groups excluding carboxylic acids is 1. The van der Waals surface area contributed by atoms with Crippen LogP contribution in [0.15, 0.2) is 24.5 Å². The van der Waals surface area contributed by atoms with Crippen LogP contribution in [0.1, 0.15) is 17.4 Å². The molecule has 66 valence electrons. The molecular weight excluding hydrogens is 164 g/mol. The summed E-state index contributed by atoms with van der Waals surface area (Å²) in [4.78, 5) is 14.7. The molecule has 0 saturated heterocycles. The van der Waals surface area contributed by atoms with Gasteiger partial charge in [0, 0.05) is 18.1 Å². The Hall–Kier alpha value is -1.64. The molecule has 0 N–H and O–H groups in total. The number of aryl methyl sites for hydroxylation is 1. The number of aldehydes is 1. The SMILES string of the molecule is CCn1c(C=O)cc2ccncc21. The van der Waals surface area contributed by atoms with Gasteiger partial charge in [0.2, 0.25) is 0 Å². The highest BCUT2D eigenvalue weighted by Gasteiger charge is 2.05. The normalized spacial score (nSPS) is 10.5. The van der Waals surface area contributed by atoms with E-state index in [1.54, 1.807) is 12.4 Å². The molecule has 0 aliphatic rings. The molecule has 2 aromatic rings. The second-order valence-electron chi connectivity index (χ2n) is 2.87. The molecule has 0 aliphatic heterocycles. The van der Waals surface area contributed by atoms with E-state index in [4.69, 9.17) is 0 Å². The van der Waals surface area contributed by atoms with E-state index < -0.39 is 0 Å². The lowest BCUT2D eigenvalue weighted by molar-refractivity contribution is 0.111. The molecule has 0 aliphatic carbocycles. The van der Waals surface area contributed by atoms with E-state index in [0.717, 1.165) is 23.7 Å². The summed E-state index contributed by atoms with van der Waals surface area (Å²) < 4.78 is 1.95. The van der Waals surface area contributed by atoms with Gasteiger partial charge in [-0.15, -0.1) is 0 Å². The van der Waals surface area contributed by atoms with Crippen LogP contribution in [-0.4, -0.2) is 15.8 Å². The summed E-state index contributed by atoms with van der Waals surface area (Å²) in [7, 11) is 0. The molecule has 3 nitrogen and oxygen atoms in total. The monoisotopic (exact) mass is 174 g/mol. The summed E-state index contributed by atoms with van der Waals surface area (Å²) in [6, 6.07) is 3.79. The van der Waals surface area contributed by atoms with Crippen LogP contribution in [0, 0.1) is 0 Å². The second kappa shape index (κ2) is 3.01. The van der Waals surface area contributed by atoms with E-state index in [9.17, 15) is 4.79 Å². The van der Waals surface area contributed by atoms with Gasteiger partial charge in [-0.1, -0.05) is 0 Å². The summed E-state index contributed by atoms with van der Waals surface area (Å²) >= 11 is 0. The highest BCUT2D eigenvalue weighted by atomic mass is 16.1. The minimum Gasteiger partial charge on any atom is -0.337 e. The number of hydrogen-bond donors (Lipinski definition) is 0. The fourth-order valence-electron chi connectivity index (χ4n) is 1.57. The van der Waals surface area contributed by atoms with E-state index in [-0.39, 0.29) is 0 Å². The van der Waals surface area contributed by atoms with E-state index in [1.165, 1.54) is 0 Å². The fourth-order valence-corrected chi connectivity index (χ4v) is 1.57. The molecule has 2 aromatic heterocycles. The number of hydrogen-bond acceptors (Lipinski definition) is 2. The molecule has 0 unspecified atom stereocenters. The van der Waals surface area contributed by atoms with Crippen LogP contribution < -0.4 is 0 Å². The topological polar surface area (TPSA) is 34.9 Å². The van der Waals surface area contributed by atoms with Crippen LogP contribution in [0.5, 0.6) is 0 Å². The molecule has 13 heavy (non-hydrogen) atoms. The first-order valence-corrected chi connectivity index (χ1v) is 4.25. The number of aromatic nitrogens is 2. The molecule has 2 rings (SSSR count).